The molecule has 1 unspecified atom stereocenters. The number of rotatable bonds is 3. The van der Waals surface area contributed by atoms with Crippen LogP contribution in [-0.2, 0) is 9.53 Å². The maximum Gasteiger partial charge on any atom is 0.341 e. The largest absolute Gasteiger partial charge is 0.480 e. The monoisotopic (exact) mass is 250 g/mol. The molecule has 0 amide bonds. The molecule has 0 aliphatic carbocycles. The van der Waals surface area contributed by atoms with Crippen molar-refractivity contribution in [2.45, 2.75) is 18.9 Å². The molecule has 96 valence electrons. The van der Waals surface area contributed by atoms with Crippen molar-refractivity contribution in [3.05, 3.63) is 23.9 Å². The van der Waals surface area contributed by atoms with Crippen molar-refractivity contribution in [3.8, 4) is 0 Å². The lowest BCUT2D eigenvalue weighted by Crippen LogP contribution is -2.37. The maximum atomic E-state index is 11.6. The summed E-state index contributed by atoms with van der Waals surface area (Å²) < 4.78 is 4.68. The quantitative estimate of drug-likeness (QED) is 0.803. The van der Waals surface area contributed by atoms with Gasteiger partial charge in [-0.05, 0) is 25.0 Å². The summed E-state index contributed by atoms with van der Waals surface area (Å²) in [4.78, 5) is 28.6. The van der Waals surface area contributed by atoms with Crippen molar-refractivity contribution in [2.24, 2.45) is 0 Å². The smallest absolute Gasteiger partial charge is 0.341 e. The molecule has 6 heteroatoms. The van der Waals surface area contributed by atoms with Crippen LogP contribution in [0.1, 0.15) is 23.2 Å². The Morgan fingerprint density at radius 1 is 1.56 bits per heavy atom. The van der Waals surface area contributed by atoms with Gasteiger partial charge in [0.25, 0.3) is 0 Å². The van der Waals surface area contributed by atoms with E-state index in [4.69, 9.17) is 5.11 Å². The second kappa shape index (κ2) is 5.03. The molecule has 1 aromatic rings. The van der Waals surface area contributed by atoms with Crippen molar-refractivity contribution < 1.29 is 19.4 Å². The topological polar surface area (TPSA) is 79.7 Å². The predicted octanol–water partition coefficient (Wildman–Crippen LogP) is 0.922. The number of aromatic nitrogens is 1. The molecule has 1 aliphatic rings. The van der Waals surface area contributed by atoms with Gasteiger partial charge in [-0.3, -0.25) is 0 Å². The summed E-state index contributed by atoms with van der Waals surface area (Å²) in [5.74, 6) is -1.02. The summed E-state index contributed by atoms with van der Waals surface area (Å²) in [5.41, 5.74) is 0.299. The van der Waals surface area contributed by atoms with Crippen LogP contribution in [-0.4, -0.2) is 41.7 Å². The van der Waals surface area contributed by atoms with E-state index >= 15 is 0 Å². The molecule has 1 N–H and O–H groups in total. The van der Waals surface area contributed by atoms with Crippen LogP contribution in [0.15, 0.2) is 18.3 Å². The van der Waals surface area contributed by atoms with E-state index in [1.165, 1.54) is 7.11 Å². The number of methoxy groups -OCH3 is 1. The van der Waals surface area contributed by atoms with Crippen molar-refractivity contribution in [1.29, 1.82) is 0 Å². The Morgan fingerprint density at radius 3 is 3.00 bits per heavy atom. The first kappa shape index (κ1) is 12.3. The average molecular weight is 250 g/mol. The molecule has 1 aromatic heterocycles. The summed E-state index contributed by atoms with van der Waals surface area (Å²) >= 11 is 0. The predicted molar refractivity (Wildman–Crippen MR) is 63.6 cm³/mol. The number of carboxylic acids is 1. The Bertz CT molecular complexity index is 475. The summed E-state index contributed by atoms with van der Waals surface area (Å²) in [5, 5.41) is 9.15. The molecule has 1 saturated heterocycles. The number of ether oxygens (including phenoxy) is 1. The molecular formula is C12H14N2O4. The van der Waals surface area contributed by atoms with E-state index in [0.717, 1.165) is 6.42 Å². The molecule has 1 atom stereocenters. The van der Waals surface area contributed by atoms with Gasteiger partial charge < -0.3 is 14.7 Å². The van der Waals surface area contributed by atoms with Crippen molar-refractivity contribution in [2.75, 3.05) is 18.6 Å². The first-order chi connectivity index (χ1) is 8.65. The maximum absolute atomic E-state index is 11.6. The third-order valence-electron chi connectivity index (χ3n) is 3.00. The molecular weight excluding hydrogens is 236 g/mol. The number of esters is 1. The zero-order valence-electron chi connectivity index (χ0n) is 10.00. The molecule has 1 fully saturated rings. The lowest BCUT2D eigenvalue weighted by atomic mass is 10.2. The second-order valence-corrected chi connectivity index (χ2v) is 4.06. The highest BCUT2D eigenvalue weighted by atomic mass is 16.5. The minimum absolute atomic E-state index is 0.299. The van der Waals surface area contributed by atoms with E-state index in [1.54, 1.807) is 23.2 Å². The Hall–Kier alpha value is -2.11. The summed E-state index contributed by atoms with van der Waals surface area (Å²) in [7, 11) is 1.29. The van der Waals surface area contributed by atoms with Crippen LogP contribution in [0.4, 0.5) is 5.82 Å². The fraction of sp³-hybridized carbons (Fsp3) is 0.417. The lowest BCUT2D eigenvalue weighted by molar-refractivity contribution is -0.138. The average Bonchev–Trinajstić information content (AvgIpc) is 2.87. The van der Waals surface area contributed by atoms with Gasteiger partial charge >= 0.3 is 11.9 Å². The minimum atomic E-state index is -0.894. The van der Waals surface area contributed by atoms with Gasteiger partial charge in [0.2, 0.25) is 0 Å². The SMILES string of the molecule is COC(=O)c1cccnc1N1CCCC1C(=O)O. The van der Waals surface area contributed by atoms with Gasteiger partial charge in [0.05, 0.1) is 7.11 Å². The molecule has 2 heterocycles. The highest BCUT2D eigenvalue weighted by molar-refractivity contribution is 5.95. The van der Waals surface area contributed by atoms with E-state index in [9.17, 15) is 9.59 Å². The fourth-order valence-electron chi connectivity index (χ4n) is 2.17. The number of hydrogen-bond donors (Lipinski definition) is 1. The Kier molecular flexibility index (Phi) is 3.45. The molecule has 1 aliphatic heterocycles. The van der Waals surface area contributed by atoms with Gasteiger partial charge in [-0.25, -0.2) is 14.6 Å². The zero-order chi connectivity index (χ0) is 13.1. The van der Waals surface area contributed by atoms with E-state index in [0.29, 0.717) is 24.3 Å². The molecule has 0 aromatic carbocycles. The number of anilines is 1. The molecule has 2 rings (SSSR count). The number of hydrogen-bond acceptors (Lipinski definition) is 5. The van der Waals surface area contributed by atoms with E-state index in [2.05, 4.69) is 9.72 Å². The second-order valence-electron chi connectivity index (χ2n) is 4.06. The Morgan fingerprint density at radius 2 is 2.33 bits per heavy atom. The van der Waals surface area contributed by atoms with E-state index < -0.39 is 18.0 Å². The van der Waals surface area contributed by atoms with Crippen molar-refractivity contribution in [3.63, 3.8) is 0 Å². The molecule has 18 heavy (non-hydrogen) atoms. The van der Waals surface area contributed by atoms with Gasteiger partial charge in [-0.1, -0.05) is 0 Å². The number of carboxylic acid groups (broad SMARTS) is 1. The number of nitrogens with zero attached hydrogens (tertiary/aromatic N) is 2. The molecule has 0 radical (unpaired) electrons. The summed E-state index contributed by atoms with van der Waals surface area (Å²) in [6, 6.07) is 2.59. The summed E-state index contributed by atoms with van der Waals surface area (Å²) in [6.45, 7) is 0.581. The first-order valence-electron chi connectivity index (χ1n) is 5.68. The van der Waals surface area contributed by atoms with Gasteiger partial charge in [0.1, 0.15) is 17.4 Å². The van der Waals surface area contributed by atoms with E-state index in [-0.39, 0.29) is 0 Å². The summed E-state index contributed by atoms with van der Waals surface area (Å²) in [6.07, 6.45) is 2.87. The van der Waals surface area contributed by atoms with Crippen LogP contribution < -0.4 is 4.90 Å². The third-order valence-corrected chi connectivity index (χ3v) is 3.00. The molecule has 0 bridgehead atoms. The first-order valence-corrected chi connectivity index (χ1v) is 5.68. The van der Waals surface area contributed by atoms with E-state index in [1.807, 2.05) is 0 Å². The van der Waals surface area contributed by atoms with Crippen LogP contribution in [0.25, 0.3) is 0 Å². The highest BCUT2D eigenvalue weighted by Crippen LogP contribution is 2.27. The fourth-order valence-corrected chi connectivity index (χ4v) is 2.17. The van der Waals surface area contributed by atoms with Crippen LogP contribution in [0.3, 0.4) is 0 Å². The molecule has 0 spiro atoms. The Labute approximate surface area is 104 Å². The lowest BCUT2D eigenvalue weighted by Gasteiger charge is -2.23. The van der Waals surface area contributed by atoms with Crippen molar-refractivity contribution >= 4 is 17.8 Å². The standard InChI is InChI=1S/C12H14N2O4/c1-18-12(17)8-4-2-6-13-10(8)14-7-3-5-9(14)11(15)16/h2,4,6,9H,3,5,7H2,1H3,(H,15,16). The number of aliphatic carboxylic acids is 1. The normalized spacial score (nSPS) is 18.7. The molecule has 0 saturated carbocycles. The number of pyridine rings is 1. The number of carbonyl (C=O) groups excluding carboxylic acids is 1. The van der Waals surface area contributed by atoms with Crippen molar-refractivity contribution in [1.82, 2.24) is 4.98 Å². The zero-order valence-corrected chi connectivity index (χ0v) is 10.00. The van der Waals surface area contributed by atoms with Gasteiger partial charge in [-0.15, -0.1) is 0 Å². The van der Waals surface area contributed by atoms with Gasteiger partial charge in [-0.2, -0.15) is 0 Å². The van der Waals surface area contributed by atoms with Gasteiger partial charge in [0.15, 0.2) is 0 Å². The van der Waals surface area contributed by atoms with Crippen LogP contribution >= 0.6 is 0 Å². The number of carbonyl (C=O) groups is 2. The van der Waals surface area contributed by atoms with Gasteiger partial charge in [0, 0.05) is 12.7 Å². The Balaban J connectivity index is 2.38. The highest BCUT2D eigenvalue weighted by Gasteiger charge is 2.33. The molecule has 6 nitrogen and oxygen atoms in total. The van der Waals surface area contributed by atoms with Crippen LogP contribution in [0.2, 0.25) is 0 Å². The minimum Gasteiger partial charge on any atom is -0.480 e. The third kappa shape index (κ3) is 2.13. The van der Waals surface area contributed by atoms with Crippen LogP contribution in [0, 0.1) is 0 Å². The van der Waals surface area contributed by atoms with Crippen LogP contribution in [0.5, 0.6) is 0 Å².